The van der Waals surface area contributed by atoms with E-state index in [1.807, 2.05) is 67.1 Å². The fourth-order valence-corrected chi connectivity index (χ4v) is 3.36. The Kier molecular flexibility index (Phi) is 4.83. The largest absolute Gasteiger partial charge is 0.321 e. The molecule has 142 valence electrons. The summed E-state index contributed by atoms with van der Waals surface area (Å²) in [4.78, 5) is 12.6. The molecule has 0 aliphatic heterocycles. The van der Waals surface area contributed by atoms with Crippen LogP contribution < -0.4 is 5.32 Å². The molecule has 4 rings (SSSR count). The van der Waals surface area contributed by atoms with Crippen molar-refractivity contribution in [3.63, 3.8) is 0 Å². The number of anilines is 1. The number of carbonyl (C=O) groups excluding carboxylic acids is 1. The number of para-hydroxylation sites is 1. The predicted molar refractivity (Wildman–Crippen MR) is 108 cm³/mol. The van der Waals surface area contributed by atoms with Crippen molar-refractivity contribution in [2.45, 2.75) is 26.9 Å². The van der Waals surface area contributed by atoms with Gasteiger partial charge in [-0.05, 0) is 37.6 Å². The Morgan fingerprint density at radius 1 is 1.07 bits per heavy atom. The Hall–Kier alpha value is -3.19. The number of aryl methyl sites for hydroxylation is 1. The second kappa shape index (κ2) is 7.44. The molecule has 8 heteroatoms. The minimum atomic E-state index is -0.181. The summed E-state index contributed by atoms with van der Waals surface area (Å²) in [5.41, 5.74) is 4.88. The van der Waals surface area contributed by atoms with Crippen molar-refractivity contribution >= 4 is 34.2 Å². The van der Waals surface area contributed by atoms with E-state index in [-0.39, 0.29) is 12.5 Å². The molecule has 2 aromatic carbocycles. The van der Waals surface area contributed by atoms with E-state index in [0.29, 0.717) is 17.3 Å². The molecule has 0 saturated carbocycles. The number of halogens is 1. The monoisotopic (exact) mass is 394 g/mol. The number of nitrogens with zero attached hydrogens (tertiary/aromatic N) is 5. The summed E-state index contributed by atoms with van der Waals surface area (Å²) in [5.74, 6) is -0.181. The molecule has 0 fully saturated rings. The van der Waals surface area contributed by atoms with Crippen LogP contribution in [0.5, 0.6) is 0 Å². The number of fused-ring (bicyclic) bond motifs is 1. The van der Waals surface area contributed by atoms with Crippen molar-refractivity contribution in [3.8, 4) is 0 Å². The standard InChI is InChI=1S/C20H19ClN6O/c1-13-20(14(2)26(24-13)11-15-7-3-4-8-16(15)21)22-19(28)12-27-18-10-6-5-9-17(18)23-25-27/h3-10H,11-12H2,1-2H3,(H,22,28). The minimum absolute atomic E-state index is 0.0785. The minimum Gasteiger partial charge on any atom is -0.321 e. The van der Waals surface area contributed by atoms with Crippen molar-refractivity contribution < 1.29 is 4.79 Å². The third-order valence-electron chi connectivity index (χ3n) is 4.64. The highest BCUT2D eigenvalue weighted by Crippen LogP contribution is 2.23. The van der Waals surface area contributed by atoms with Crippen LogP contribution in [0.15, 0.2) is 48.5 Å². The summed E-state index contributed by atoms with van der Waals surface area (Å²) in [6.45, 7) is 4.42. The Bertz CT molecular complexity index is 1160. The van der Waals surface area contributed by atoms with Gasteiger partial charge in [0.2, 0.25) is 5.91 Å². The Balaban J connectivity index is 1.52. The molecule has 1 N–H and O–H groups in total. The zero-order chi connectivity index (χ0) is 19.7. The zero-order valence-corrected chi connectivity index (χ0v) is 16.3. The maximum Gasteiger partial charge on any atom is 0.246 e. The van der Waals surface area contributed by atoms with Crippen molar-refractivity contribution in [3.05, 3.63) is 70.5 Å². The summed E-state index contributed by atoms with van der Waals surface area (Å²) >= 11 is 6.26. The first-order chi connectivity index (χ1) is 13.5. The highest BCUT2D eigenvalue weighted by atomic mass is 35.5. The van der Waals surface area contributed by atoms with E-state index in [1.165, 1.54) is 0 Å². The van der Waals surface area contributed by atoms with Crippen molar-refractivity contribution in [2.75, 3.05) is 5.32 Å². The summed E-state index contributed by atoms with van der Waals surface area (Å²) < 4.78 is 3.43. The van der Waals surface area contributed by atoms with E-state index < -0.39 is 0 Å². The molecule has 2 heterocycles. The van der Waals surface area contributed by atoms with Crippen molar-refractivity contribution in [1.29, 1.82) is 0 Å². The Morgan fingerprint density at radius 2 is 1.82 bits per heavy atom. The maximum atomic E-state index is 12.6. The first-order valence-corrected chi connectivity index (χ1v) is 9.26. The quantitative estimate of drug-likeness (QED) is 0.561. The lowest BCUT2D eigenvalue weighted by atomic mass is 10.2. The summed E-state index contributed by atoms with van der Waals surface area (Å²) in [7, 11) is 0. The van der Waals surface area contributed by atoms with Gasteiger partial charge >= 0.3 is 0 Å². The lowest BCUT2D eigenvalue weighted by Gasteiger charge is -2.08. The van der Waals surface area contributed by atoms with Gasteiger partial charge in [0.15, 0.2) is 0 Å². The molecule has 2 aromatic heterocycles. The highest BCUT2D eigenvalue weighted by Gasteiger charge is 2.16. The van der Waals surface area contributed by atoms with Gasteiger partial charge in [-0.2, -0.15) is 5.10 Å². The van der Waals surface area contributed by atoms with Gasteiger partial charge in [-0.15, -0.1) is 5.10 Å². The molecule has 0 bridgehead atoms. The highest BCUT2D eigenvalue weighted by molar-refractivity contribution is 6.31. The van der Waals surface area contributed by atoms with Crippen LogP contribution in [0.25, 0.3) is 11.0 Å². The first kappa shape index (κ1) is 18.2. The van der Waals surface area contributed by atoms with Crippen LogP contribution in [-0.4, -0.2) is 30.7 Å². The van der Waals surface area contributed by atoms with Crippen LogP contribution in [0, 0.1) is 13.8 Å². The number of rotatable bonds is 5. The molecule has 4 aromatic rings. The zero-order valence-electron chi connectivity index (χ0n) is 15.6. The average Bonchev–Trinajstić information content (AvgIpc) is 3.20. The lowest BCUT2D eigenvalue weighted by molar-refractivity contribution is -0.116. The van der Waals surface area contributed by atoms with Gasteiger partial charge < -0.3 is 5.32 Å². The molecule has 28 heavy (non-hydrogen) atoms. The van der Waals surface area contributed by atoms with Gasteiger partial charge in [0.25, 0.3) is 0 Å². The van der Waals surface area contributed by atoms with Crippen molar-refractivity contribution in [2.24, 2.45) is 0 Å². The molecule has 1 amide bonds. The molecular weight excluding hydrogens is 376 g/mol. The van der Waals surface area contributed by atoms with E-state index in [4.69, 9.17) is 11.6 Å². The van der Waals surface area contributed by atoms with Crippen LogP contribution in [0.1, 0.15) is 17.0 Å². The van der Waals surface area contributed by atoms with Crippen molar-refractivity contribution in [1.82, 2.24) is 24.8 Å². The van der Waals surface area contributed by atoms with Crippen LogP contribution in [0.2, 0.25) is 5.02 Å². The fraction of sp³-hybridized carbons (Fsp3) is 0.200. The second-order valence-electron chi connectivity index (χ2n) is 6.58. The molecule has 0 spiro atoms. The summed E-state index contributed by atoms with van der Waals surface area (Å²) in [5, 5.41) is 16.3. The number of amides is 1. The number of benzene rings is 2. The number of carbonyl (C=O) groups is 1. The maximum absolute atomic E-state index is 12.6. The van der Waals surface area contributed by atoms with Crippen LogP contribution >= 0.6 is 11.6 Å². The molecule has 0 unspecified atom stereocenters. The molecule has 0 radical (unpaired) electrons. The first-order valence-electron chi connectivity index (χ1n) is 8.88. The molecule has 0 aliphatic rings. The third-order valence-corrected chi connectivity index (χ3v) is 5.01. The van der Waals surface area contributed by atoms with Gasteiger partial charge in [0.1, 0.15) is 12.1 Å². The summed E-state index contributed by atoms with van der Waals surface area (Å²) in [6, 6.07) is 15.2. The smallest absolute Gasteiger partial charge is 0.246 e. The van der Waals surface area contributed by atoms with Crippen LogP contribution in [-0.2, 0) is 17.9 Å². The SMILES string of the molecule is Cc1nn(Cc2ccccc2Cl)c(C)c1NC(=O)Cn1nnc2ccccc21. The summed E-state index contributed by atoms with van der Waals surface area (Å²) in [6.07, 6.45) is 0. The van der Waals surface area contributed by atoms with E-state index >= 15 is 0 Å². The number of hydrogen-bond donors (Lipinski definition) is 1. The number of aromatic nitrogens is 5. The van der Waals surface area contributed by atoms with E-state index in [1.54, 1.807) is 4.68 Å². The van der Waals surface area contributed by atoms with Gasteiger partial charge in [-0.25, -0.2) is 4.68 Å². The molecule has 0 aliphatic carbocycles. The van der Waals surface area contributed by atoms with Gasteiger partial charge in [0.05, 0.1) is 29.1 Å². The van der Waals surface area contributed by atoms with Crippen LogP contribution in [0.4, 0.5) is 5.69 Å². The Morgan fingerprint density at radius 3 is 2.64 bits per heavy atom. The topological polar surface area (TPSA) is 77.6 Å². The number of hydrogen-bond acceptors (Lipinski definition) is 4. The molecule has 0 atom stereocenters. The number of nitrogens with one attached hydrogen (secondary N) is 1. The average molecular weight is 395 g/mol. The fourth-order valence-electron chi connectivity index (χ4n) is 3.17. The molecule has 0 saturated heterocycles. The van der Waals surface area contributed by atoms with E-state index in [9.17, 15) is 4.79 Å². The van der Waals surface area contributed by atoms with Gasteiger partial charge in [-0.1, -0.05) is 47.1 Å². The molecular formula is C20H19ClN6O. The van der Waals surface area contributed by atoms with Gasteiger partial charge in [-0.3, -0.25) is 9.48 Å². The molecule has 7 nitrogen and oxygen atoms in total. The van der Waals surface area contributed by atoms with E-state index in [0.717, 1.165) is 28.0 Å². The lowest BCUT2D eigenvalue weighted by Crippen LogP contribution is -2.20. The van der Waals surface area contributed by atoms with Crippen LogP contribution in [0.3, 0.4) is 0 Å². The van der Waals surface area contributed by atoms with E-state index in [2.05, 4.69) is 20.7 Å². The Labute approximate surface area is 166 Å². The normalized spacial score (nSPS) is 11.1. The predicted octanol–water partition coefficient (Wildman–Crippen LogP) is 3.59. The van der Waals surface area contributed by atoms with Gasteiger partial charge in [0, 0.05) is 5.02 Å². The third kappa shape index (κ3) is 3.48. The second-order valence-corrected chi connectivity index (χ2v) is 6.99.